The normalized spacial score (nSPS) is 23.3. The van der Waals surface area contributed by atoms with Crippen molar-refractivity contribution in [2.24, 2.45) is 5.10 Å². The Morgan fingerprint density at radius 1 is 1.26 bits per heavy atom. The Kier molecular flexibility index (Phi) is 8.28. The summed E-state index contributed by atoms with van der Waals surface area (Å²) in [4.78, 5) is 23.8. The van der Waals surface area contributed by atoms with Gasteiger partial charge in [-0.2, -0.15) is 5.10 Å². The molecule has 0 saturated carbocycles. The van der Waals surface area contributed by atoms with Crippen LogP contribution in [0.4, 0.5) is 0 Å². The summed E-state index contributed by atoms with van der Waals surface area (Å²) in [6.07, 6.45) is 3.44. The largest absolute Gasteiger partial charge is 0.497 e. The van der Waals surface area contributed by atoms with E-state index in [1.165, 1.54) is 0 Å². The average molecular weight is 431 g/mol. The number of carbonyl (C=O) groups excluding carboxylic acids is 2. The third kappa shape index (κ3) is 7.24. The predicted molar refractivity (Wildman–Crippen MR) is 119 cm³/mol. The molecule has 0 radical (unpaired) electrons. The van der Waals surface area contributed by atoms with Gasteiger partial charge in [-0.25, -0.2) is 0 Å². The maximum absolute atomic E-state index is 12.2. The standard InChI is InChI=1S/C23H34N4O4/c1-16-9-12-27(26-16)13-10-23(29)24-11-8-21-14-19(25-17(2)28)15-22(31-21)18-4-6-20(30-3)7-5-18/h4-7,19,21-22H,8-15H2,1-3H3,(H,24,29)(H,25,28)/t19-,21+,22+/m0/s1. The fourth-order valence-corrected chi connectivity index (χ4v) is 4.13. The van der Waals surface area contributed by atoms with E-state index in [9.17, 15) is 9.59 Å². The van der Waals surface area contributed by atoms with Crippen LogP contribution in [0, 0.1) is 0 Å². The molecule has 3 rings (SSSR count). The van der Waals surface area contributed by atoms with Crippen molar-refractivity contribution in [3.63, 3.8) is 0 Å². The fraction of sp³-hybridized carbons (Fsp3) is 0.609. The Balaban J connectivity index is 1.48. The number of ether oxygens (including phenoxy) is 2. The second-order valence-electron chi connectivity index (χ2n) is 8.32. The Labute approximate surface area is 184 Å². The minimum Gasteiger partial charge on any atom is -0.497 e. The SMILES string of the molecule is COc1ccc([C@H]2C[C@@H](NC(C)=O)C[C@@H](CCNC(=O)CCN3CCC(C)=N3)O2)cc1. The van der Waals surface area contributed by atoms with Crippen molar-refractivity contribution in [3.05, 3.63) is 29.8 Å². The molecule has 2 amide bonds. The van der Waals surface area contributed by atoms with Gasteiger partial charge in [0.25, 0.3) is 0 Å². The number of nitrogens with one attached hydrogen (secondary N) is 2. The summed E-state index contributed by atoms with van der Waals surface area (Å²) >= 11 is 0. The molecule has 1 aromatic carbocycles. The molecule has 0 bridgehead atoms. The van der Waals surface area contributed by atoms with Crippen LogP contribution in [0.2, 0.25) is 0 Å². The van der Waals surface area contributed by atoms with Crippen LogP contribution < -0.4 is 15.4 Å². The molecule has 8 nitrogen and oxygen atoms in total. The Bertz CT molecular complexity index is 780. The molecule has 0 unspecified atom stereocenters. The lowest BCUT2D eigenvalue weighted by molar-refractivity contribution is -0.122. The van der Waals surface area contributed by atoms with Gasteiger partial charge in [0.05, 0.1) is 19.3 Å². The second-order valence-corrected chi connectivity index (χ2v) is 8.32. The highest BCUT2D eigenvalue weighted by atomic mass is 16.5. The summed E-state index contributed by atoms with van der Waals surface area (Å²) in [5, 5.41) is 12.4. The smallest absolute Gasteiger partial charge is 0.221 e. The number of carbonyl (C=O) groups is 2. The quantitative estimate of drug-likeness (QED) is 0.628. The van der Waals surface area contributed by atoms with Crippen molar-refractivity contribution in [2.45, 2.75) is 64.2 Å². The van der Waals surface area contributed by atoms with Crippen molar-refractivity contribution in [1.29, 1.82) is 0 Å². The molecular weight excluding hydrogens is 396 g/mol. The topological polar surface area (TPSA) is 92.3 Å². The number of hydrogen-bond donors (Lipinski definition) is 2. The highest BCUT2D eigenvalue weighted by Gasteiger charge is 2.30. The van der Waals surface area contributed by atoms with E-state index in [4.69, 9.17) is 9.47 Å². The number of benzene rings is 1. The number of hydrogen-bond acceptors (Lipinski definition) is 6. The molecule has 31 heavy (non-hydrogen) atoms. The van der Waals surface area contributed by atoms with Gasteiger partial charge in [0, 0.05) is 51.2 Å². The predicted octanol–water partition coefficient (Wildman–Crippen LogP) is 2.40. The van der Waals surface area contributed by atoms with Crippen LogP contribution in [-0.2, 0) is 14.3 Å². The van der Waals surface area contributed by atoms with Crippen molar-refractivity contribution >= 4 is 17.5 Å². The van der Waals surface area contributed by atoms with E-state index in [1.807, 2.05) is 36.2 Å². The number of nitrogens with zero attached hydrogens (tertiary/aromatic N) is 2. The molecule has 170 valence electrons. The van der Waals surface area contributed by atoms with Gasteiger partial charge in [0.15, 0.2) is 0 Å². The molecule has 2 N–H and O–H groups in total. The molecule has 2 heterocycles. The minimum atomic E-state index is -0.103. The molecule has 1 aromatic rings. The highest BCUT2D eigenvalue weighted by Crippen LogP contribution is 2.33. The lowest BCUT2D eigenvalue weighted by atomic mass is 9.93. The number of amides is 2. The molecule has 0 aromatic heterocycles. The maximum Gasteiger partial charge on any atom is 0.221 e. The zero-order chi connectivity index (χ0) is 22.2. The first-order valence-corrected chi connectivity index (χ1v) is 11.0. The van der Waals surface area contributed by atoms with Gasteiger partial charge in [0.1, 0.15) is 5.75 Å². The lowest BCUT2D eigenvalue weighted by Crippen LogP contribution is -2.43. The van der Waals surface area contributed by atoms with Gasteiger partial charge in [-0.05, 0) is 43.9 Å². The van der Waals surface area contributed by atoms with Crippen molar-refractivity contribution in [1.82, 2.24) is 15.6 Å². The average Bonchev–Trinajstić information content (AvgIpc) is 3.17. The first kappa shape index (κ1) is 23.1. The van der Waals surface area contributed by atoms with E-state index in [0.29, 0.717) is 25.9 Å². The van der Waals surface area contributed by atoms with E-state index < -0.39 is 0 Å². The molecular formula is C23H34N4O4. The fourth-order valence-electron chi connectivity index (χ4n) is 4.13. The number of hydrazone groups is 1. The van der Waals surface area contributed by atoms with Crippen molar-refractivity contribution in [3.8, 4) is 5.75 Å². The van der Waals surface area contributed by atoms with Crippen molar-refractivity contribution in [2.75, 3.05) is 26.7 Å². The van der Waals surface area contributed by atoms with Gasteiger partial charge in [-0.3, -0.25) is 14.6 Å². The Morgan fingerprint density at radius 2 is 2.03 bits per heavy atom. The van der Waals surface area contributed by atoms with Crippen LogP contribution in [0.3, 0.4) is 0 Å². The zero-order valence-corrected chi connectivity index (χ0v) is 18.7. The molecule has 0 spiro atoms. The molecule has 3 atom stereocenters. The highest BCUT2D eigenvalue weighted by molar-refractivity contribution is 5.83. The maximum atomic E-state index is 12.2. The van der Waals surface area contributed by atoms with Crippen LogP contribution in [0.1, 0.15) is 57.6 Å². The number of methoxy groups -OCH3 is 1. The van der Waals surface area contributed by atoms with Crippen LogP contribution in [-0.4, -0.2) is 61.4 Å². The first-order valence-electron chi connectivity index (χ1n) is 11.0. The van der Waals surface area contributed by atoms with E-state index in [2.05, 4.69) is 15.7 Å². The monoisotopic (exact) mass is 430 g/mol. The molecule has 2 aliphatic rings. The Hall–Kier alpha value is -2.61. The van der Waals surface area contributed by atoms with Crippen LogP contribution in [0.15, 0.2) is 29.4 Å². The summed E-state index contributed by atoms with van der Waals surface area (Å²) in [5.41, 5.74) is 2.18. The van der Waals surface area contributed by atoms with E-state index in [0.717, 1.165) is 42.8 Å². The summed E-state index contributed by atoms with van der Waals surface area (Å²) < 4.78 is 11.6. The zero-order valence-electron chi connectivity index (χ0n) is 18.7. The minimum absolute atomic E-state index is 0.0284. The van der Waals surface area contributed by atoms with Gasteiger partial charge in [-0.1, -0.05) is 12.1 Å². The summed E-state index contributed by atoms with van der Waals surface area (Å²) in [5.74, 6) is 0.792. The van der Waals surface area contributed by atoms with E-state index in [-0.39, 0.29) is 30.1 Å². The van der Waals surface area contributed by atoms with Gasteiger partial charge in [-0.15, -0.1) is 0 Å². The second kappa shape index (κ2) is 11.1. The summed E-state index contributed by atoms with van der Waals surface area (Å²) in [7, 11) is 1.64. The van der Waals surface area contributed by atoms with Crippen molar-refractivity contribution < 1.29 is 19.1 Å². The summed E-state index contributed by atoms with van der Waals surface area (Å²) in [6, 6.07) is 7.89. The molecule has 2 aliphatic heterocycles. The van der Waals surface area contributed by atoms with E-state index >= 15 is 0 Å². The molecule has 0 aliphatic carbocycles. The third-order valence-corrected chi connectivity index (χ3v) is 5.73. The number of rotatable bonds is 9. The van der Waals surface area contributed by atoms with Gasteiger partial charge < -0.3 is 20.1 Å². The lowest BCUT2D eigenvalue weighted by Gasteiger charge is -2.36. The molecule has 8 heteroatoms. The molecule has 1 saturated heterocycles. The molecule has 1 fully saturated rings. The van der Waals surface area contributed by atoms with Gasteiger partial charge >= 0.3 is 0 Å². The van der Waals surface area contributed by atoms with Crippen LogP contribution >= 0.6 is 0 Å². The van der Waals surface area contributed by atoms with Crippen LogP contribution in [0.5, 0.6) is 5.75 Å². The Morgan fingerprint density at radius 3 is 2.68 bits per heavy atom. The third-order valence-electron chi connectivity index (χ3n) is 5.73. The summed E-state index contributed by atoms with van der Waals surface area (Å²) in [6.45, 7) is 5.64. The van der Waals surface area contributed by atoms with E-state index in [1.54, 1.807) is 14.0 Å². The van der Waals surface area contributed by atoms with Crippen LogP contribution in [0.25, 0.3) is 0 Å². The first-order chi connectivity index (χ1) is 14.9. The van der Waals surface area contributed by atoms with Gasteiger partial charge in [0.2, 0.25) is 11.8 Å².